The number of hydrogen-bond acceptors (Lipinski definition) is 2. The van der Waals surface area contributed by atoms with Gasteiger partial charge in [0.25, 0.3) is 0 Å². The molecule has 3 aromatic carbocycles. The van der Waals surface area contributed by atoms with Crippen molar-refractivity contribution in [3.63, 3.8) is 0 Å². The number of urea groups is 1. The number of likely N-dealkylation sites (N-methyl/N-ethyl adjacent to an activating group) is 1. The predicted octanol–water partition coefficient (Wildman–Crippen LogP) is 4.26. The number of hydrogen-bond donors (Lipinski definition) is 2. The number of carbonyl (C=O) groups excluding carboxylic acids is 1. The van der Waals surface area contributed by atoms with Gasteiger partial charge in [-0.3, -0.25) is 0 Å². The molecule has 0 radical (unpaired) electrons. The summed E-state index contributed by atoms with van der Waals surface area (Å²) in [5, 5.41) is 8.21. The zero-order valence-electron chi connectivity index (χ0n) is 14.6. The van der Waals surface area contributed by atoms with Gasteiger partial charge in [0.2, 0.25) is 0 Å². The van der Waals surface area contributed by atoms with E-state index in [2.05, 4.69) is 15.5 Å². The van der Waals surface area contributed by atoms with E-state index >= 15 is 0 Å². The molecule has 0 aliphatic carbocycles. The lowest BCUT2D eigenvalue weighted by atomic mass is 10.1. The Balaban J connectivity index is 1.77. The van der Waals surface area contributed by atoms with Gasteiger partial charge < -0.3 is 15.5 Å². The fourth-order valence-corrected chi connectivity index (χ4v) is 2.94. The lowest BCUT2D eigenvalue weighted by molar-refractivity contribution is 0.244. The second-order valence-electron chi connectivity index (χ2n) is 6.35. The number of rotatable bonds is 5. The normalized spacial score (nSPS) is 12.1. The predicted molar refractivity (Wildman–Crippen MR) is 104 cm³/mol. The fourth-order valence-electron chi connectivity index (χ4n) is 2.94. The molecule has 0 saturated carbocycles. The molecule has 0 heterocycles. The minimum absolute atomic E-state index is 0.0776. The van der Waals surface area contributed by atoms with Crippen LogP contribution >= 0.6 is 0 Å². The van der Waals surface area contributed by atoms with Crippen LogP contribution in [-0.4, -0.2) is 31.6 Å². The van der Waals surface area contributed by atoms with E-state index in [1.54, 1.807) is 0 Å². The van der Waals surface area contributed by atoms with Crippen molar-refractivity contribution in [2.24, 2.45) is 0 Å². The van der Waals surface area contributed by atoms with Gasteiger partial charge in [-0.05, 0) is 31.1 Å². The number of carbonyl (C=O) groups is 1. The van der Waals surface area contributed by atoms with Crippen molar-refractivity contribution >= 4 is 22.5 Å². The van der Waals surface area contributed by atoms with Crippen LogP contribution in [0.5, 0.6) is 0 Å². The Morgan fingerprint density at radius 1 is 0.920 bits per heavy atom. The monoisotopic (exact) mass is 333 g/mol. The molecule has 1 unspecified atom stereocenters. The van der Waals surface area contributed by atoms with Crippen molar-refractivity contribution in [1.82, 2.24) is 10.2 Å². The Labute approximate surface area is 148 Å². The van der Waals surface area contributed by atoms with Gasteiger partial charge in [-0.1, -0.05) is 66.7 Å². The van der Waals surface area contributed by atoms with E-state index in [1.165, 1.54) is 0 Å². The van der Waals surface area contributed by atoms with Gasteiger partial charge in [0.05, 0.1) is 11.7 Å². The van der Waals surface area contributed by atoms with Gasteiger partial charge in [-0.25, -0.2) is 4.79 Å². The van der Waals surface area contributed by atoms with Crippen molar-refractivity contribution < 1.29 is 4.79 Å². The summed E-state index contributed by atoms with van der Waals surface area (Å²) in [4.78, 5) is 14.6. The summed E-state index contributed by atoms with van der Waals surface area (Å²) >= 11 is 0. The molecule has 0 spiro atoms. The van der Waals surface area contributed by atoms with Crippen molar-refractivity contribution in [2.75, 3.05) is 26.0 Å². The van der Waals surface area contributed by atoms with Gasteiger partial charge in [-0.2, -0.15) is 0 Å². The summed E-state index contributed by atoms with van der Waals surface area (Å²) in [7, 11) is 4.00. The van der Waals surface area contributed by atoms with Crippen molar-refractivity contribution in [3.8, 4) is 0 Å². The maximum Gasteiger partial charge on any atom is 0.319 e. The average Bonchev–Trinajstić information content (AvgIpc) is 2.62. The second kappa shape index (κ2) is 7.81. The molecule has 1 atom stereocenters. The smallest absolute Gasteiger partial charge is 0.319 e. The highest BCUT2D eigenvalue weighted by atomic mass is 16.2. The molecule has 2 amide bonds. The highest BCUT2D eigenvalue weighted by Crippen LogP contribution is 2.23. The molecule has 0 aliphatic heterocycles. The summed E-state index contributed by atoms with van der Waals surface area (Å²) in [5.74, 6) is 0. The standard InChI is InChI=1S/C21H23N3O/c1-24(2)15-20(17-10-4-3-5-11-17)23-21(25)22-19-14-8-12-16-9-6-7-13-18(16)19/h3-14,20H,15H2,1-2H3,(H2,22,23,25). The summed E-state index contributed by atoms with van der Waals surface area (Å²) in [6.07, 6.45) is 0. The third-order valence-corrected chi connectivity index (χ3v) is 4.09. The molecule has 0 saturated heterocycles. The Kier molecular flexibility index (Phi) is 5.31. The first-order valence-corrected chi connectivity index (χ1v) is 8.38. The van der Waals surface area contributed by atoms with Gasteiger partial charge in [0, 0.05) is 11.9 Å². The van der Waals surface area contributed by atoms with E-state index in [9.17, 15) is 4.79 Å². The van der Waals surface area contributed by atoms with Gasteiger partial charge in [-0.15, -0.1) is 0 Å². The van der Waals surface area contributed by atoms with E-state index in [1.807, 2.05) is 86.9 Å². The Morgan fingerprint density at radius 3 is 2.36 bits per heavy atom. The lowest BCUT2D eigenvalue weighted by Crippen LogP contribution is -2.37. The highest BCUT2D eigenvalue weighted by molar-refractivity contribution is 6.01. The summed E-state index contributed by atoms with van der Waals surface area (Å²) < 4.78 is 0. The quantitative estimate of drug-likeness (QED) is 0.732. The van der Waals surface area contributed by atoms with E-state index in [0.29, 0.717) is 0 Å². The van der Waals surface area contributed by atoms with Crippen LogP contribution in [0.1, 0.15) is 11.6 Å². The topological polar surface area (TPSA) is 44.4 Å². The number of nitrogens with zero attached hydrogens (tertiary/aromatic N) is 1. The minimum atomic E-state index is -0.202. The Morgan fingerprint density at radius 2 is 1.60 bits per heavy atom. The molecule has 4 nitrogen and oxygen atoms in total. The van der Waals surface area contributed by atoms with Crippen LogP contribution < -0.4 is 10.6 Å². The van der Waals surface area contributed by atoms with Crippen LogP contribution in [-0.2, 0) is 0 Å². The molecule has 3 aromatic rings. The molecule has 2 N–H and O–H groups in total. The maximum atomic E-state index is 12.6. The number of fused-ring (bicyclic) bond motifs is 1. The average molecular weight is 333 g/mol. The molecular formula is C21H23N3O. The molecule has 0 fully saturated rings. The fraction of sp³-hybridized carbons (Fsp3) is 0.190. The third-order valence-electron chi connectivity index (χ3n) is 4.09. The molecule has 128 valence electrons. The summed E-state index contributed by atoms with van der Waals surface area (Å²) in [6, 6.07) is 23.7. The van der Waals surface area contributed by atoms with Crippen molar-refractivity contribution in [2.45, 2.75) is 6.04 Å². The first-order chi connectivity index (χ1) is 12.1. The highest BCUT2D eigenvalue weighted by Gasteiger charge is 2.16. The Bertz CT molecular complexity index is 841. The van der Waals surface area contributed by atoms with Crippen LogP contribution in [0.3, 0.4) is 0 Å². The van der Waals surface area contributed by atoms with Gasteiger partial charge >= 0.3 is 6.03 Å². The molecule has 4 heteroatoms. The molecule has 0 aliphatic rings. The molecule has 0 aromatic heterocycles. The molecular weight excluding hydrogens is 310 g/mol. The van der Waals surface area contributed by atoms with E-state index < -0.39 is 0 Å². The SMILES string of the molecule is CN(C)CC(NC(=O)Nc1cccc2ccccc12)c1ccccc1. The number of nitrogens with one attached hydrogen (secondary N) is 2. The molecule has 25 heavy (non-hydrogen) atoms. The number of benzene rings is 3. The summed E-state index contributed by atoms with van der Waals surface area (Å²) in [6.45, 7) is 0.729. The van der Waals surface area contributed by atoms with E-state index in [-0.39, 0.29) is 12.1 Å². The van der Waals surface area contributed by atoms with Crippen LogP contribution in [0.15, 0.2) is 72.8 Å². The largest absolute Gasteiger partial charge is 0.330 e. The Hall–Kier alpha value is -2.85. The van der Waals surface area contributed by atoms with Crippen LogP contribution in [0, 0.1) is 0 Å². The van der Waals surface area contributed by atoms with Crippen LogP contribution in [0.25, 0.3) is 10.8 Å². The van der Waals surface area contributed by atoms with Gasteiger partial charge in [0.1, 0.15) is 0 Å². The maximum absolute atomic E-state index is 12.6. The zero-order chi connectivity index (χ0) is 17.6. The van der Waals surface area contributed by atoms with E-state index in [4.69, 9.17) is 0 Å². The molecule has 3 rings (SSSR count). The van der Waals surface area contributed by atoms with Crippen molar-refractivity contribution in [1.29, 1.82) is 0 Å². The molecule has 0 bridgehead atoms. The zero-order valence-corrected chi connectivity index (χ0v) is 14.6. The minimum Gasteiger partial charge on any atom is -0.330 e. The first kappa shape index (κ1) is 17.0. The van der Waals surface area contributed by atoms with Gasteiger partial charge in [0.15, 0.2) is 0 Å². The second-order valence-corrected chi connectivity index (χ2v) is 6.35. The van der Waals surface area contributed by atoms with Crippen LogP contribution in [0.2, 0.25) is 0 Å². The third kappa shape index (κ3) is 4.37. The van der Waals surface area contributed by atoms with Crippen LogP contribution in [0.4, 0.5) is 10.5 Å². The first-order valence-electron chi connectivity index (χ1n) is 8.38. The number of amides is 2. The lowest BCUT2D eigenvalue weighted by Gasteiger charge is -2.23. The number of anilines is 1. The summed E-state index contributed by atoms with van der Waals surface area (Å²) in [5.41, 5.74) is 1.90. The van der Waals surface area contributed by atoms with E-state index in [0.717, 1.165) is 28.6 Å². The van der Waals surface area contributed by atoms with Crippen molar-refractivity contribution in [3.05, 3.63) is 78.4 Å².